The van der Waals surface area contributed by atoms with E-state index in [1.165, 1.54) is 0 Å². The van der Waals surface area contributed by atoms with Crippen molar-refractivity contribution in [1.29, 1.82) is 0 Å². The fraction of sp³-hybridized carbons (Fsp3) is 0.167. The smallest absolute Gasteiger partial charge is 0.196 e. The van der Waals surface area contributed by atoms with Crippen LogP contribution in [0.3, 0.4) is 0 Å². The lowest BCUT2D eigenvalue weighted by Crippen LogP contribution is -2.00. The first-order valence-electron chi connectivity index (χ1n) is 5.03. The zero-order valence-electron chi connectivity index (χ0n) is 8.85. The number of hydrogen-bond donors (Lipinski definition) is 0. The average Bonchev–Trinajstić information content (AvgIpc) is 2.76. The van der Waals surface area contributed by atoms with Gasteiger partial charge in [0.1, 0.15) is 0 Å². The van der Waals surface area contributed by atoms with E-state index in [0.717, 1.165) is 6.54 Å². The van der Waals surface area contributed by atoms with Crippen LogP contribution in [0.4, 0.5) is 0 Å². The Morgan fingerprint density at radius 2 is 2.25 bits per heavy atom. The van der Waals surface area contributed by atoms with Crippen LogP contribution in [0.25, 0.3) is 0 Å². The van der Waals surface area contributed by atoms with E-state index in [-0.39, 0.29) is 5.78 Å². The highest BCUT2D eigenvalue weighted by atomic mass is 35.5. The molecule has 0 radical (unpaired) electrons. The molecule has 0 amide bonds. The van der Waals surface area contributed by atoms with Crippen LogP contribution in [0.1, 0.15) is 22.8 Å². The second-order valence-electron chi connectivity index (χ2n) is 3.42. The minimum atomic E-state index is -0.0535. The Morgan fingerprint density at radius 1 is 1.44 bits per heavy atom. The fourth-order valence-electron chi connectivity index (χ4n) is 1.45. The van der Waals surface area contributed by atoms with Crippen LogP contribution in [-0.2, 0) is 6.54 Å². The van der Waals surface area contributed by atoms with Crippen molar-refractivity contribution in [2.24, 2.45) is 0 Å². The Morgan fingerprint density at radius 3 is 2.88 bits per heavy atom. The Bertz CT molecular complexity index is 519. The van der Waals surface area contributed by atoms with Crippen LogP contribution in [0.5, 0.6) is 0 Å². The number of rotatable bonds is 3. The lowest BCUT2D eigenvalue weighted by Gasteiger charge is -1.98. The summed E-state index contributed by atoms with van der Waals surface area (Å²) in [5, 5.41) is 4.63. The lowest BCUT2D eigenvalue weighted by atomic mass is 10.1. The molecule has 16 heavy (non-hydrogen) atoms. The van der Waals surface area contributed by atoms with Crippen molar-refractivity contribution >= 4 is 17.4 Å². The van der Waals surface area contributed by atoms with E-state index in [2.05, 4.69) is 5.10 Å². The molecule has 0 saturated heterocycles. The first-order valence-corrected chi connectivity index (χ1v) is 5.41. The summed E-state index contributed by atoms with van der Waals surface area (Å²) in [7, 11) is 0. The van der Waals surface area contributed by atoms with Gasteiger partial charge in [-0.25, -0.2) is 0 Å². The Labute approximate surface area is 98.7 Å². The van der Waals surface area contributed by atoms with Crippen LogP contribution in [0.15, 0.2) is 36.7 Å². The molecule has 0 atom stereocenters. The van der Waals surface area contributed by atoms with Crippen molar-refractivity contribution in [3.63, 3.8) is 0 Å². The third-order valence-electron chi connectivity index (χ3n) is 2.31. The highest BCUT2D eigenvalue weighted by molar-refractivity contribution is 6.31. The summed E-state index contributed by atoms with van der Waals surface area (Å²) < 4.78 is 1.72. The summed E-state index contributed by atoms with van der Waals surface area (Å²) in [6, 6.07) is 6.91. The maximum atomic E-state index is 12.0. The third kappa shape index (κ3) is 2.14. The molecule has 3 nitrogen and oxygen atoms in total. The number of ketones is 1. The zero-order valence-corrected chi connectivity index (χ0v) is 9.61. The summed E-state index contributed by atoms with van der Waals surface area (Å²) in [5.41, 5.74) is 1.17. The van der Waals surface area contributed by atoms with Gasteiger partial charge in [0.05, 0.1) is 11.8 Å². The molecular weight excluding hydrogens is 224 g/mol. The predicted octanol–water partition coefficient (Wildman–Crippen LogP) is 2.79. The summed E-state index contributed by atoms with van der Waals surface area (Å²) in [6.07, 6.45) is 3.32. The van der Waals surface area contributed by atoms with Crippen LogP contribution < -0.4 is 0 Å². The first kappa shape index (κ1) is 10.9. The van der Waals surface area contributed by atoms with Gasteiger partial charge in [-0.1, -0.05) is 23.7 Å². The molecule has 0 unspecified atom stereocenters. The molecule has 0 aliphatic rings. The molecule has 2 rings (SSSR count). The van der Waals surface area contributed by atoms with Gasteiger partial charge in [-0.3, -0.25) is 9.48 Å². The van der Waals surface area contributed by atoms with E-state index in [1.54, 1.807) is 41.3 Å². The molecular formula is C12H11ClN2O. The minimum absolute atomic E-state index is 0.0535. The van der Waals surface area contributed by atoms with Crippen LogP contribution in [0, 0.1) is 0 Å². The molecule has 0 fully saturated rings. The minimum Gasteiger partial charge on any atom is -0.288 e. The van der Waals surface area contributed by atoms with Crippen molar-refractivity contribution < 1.29 is 4.79 Å². The molecule has 2 aromatic rings. The van der Waals surface area contributed by atoms with Crippen molar-refractivity contribution in [2.45, 2.75) is 13.5 Å². The molecule has 0 aliphatic carbocycles. The van der Waals surface area contributed by atoms with E-state index in [4.69, 9.17) is 11.6 Å². The normalized spacial score (nSPS) is 10.4. The van der Waals surface area contributed by atoms with E-state index in [9.17, 15) is 4.79 Å². The Hall–Kier alpha value is -1.61. The molecule has 0 N–H and O–H groups in total. The van der Waals surface area contributed by atoms with Gasteiger partial charge in [0.15, 0.2) is 5.78 Å². The number of carbonyl (C=O) groups excluding carboxylic acids is 1. The number of aromatic nitrogens is 2. The maximum Gasteiger partial charge on any atom is 0.196 e. The van der Waals surface area contributed by atoms with Crippen LogP contribution in [0.2, 0.25) is 5.02 Å². The number of aryl methyl sites for hydroxylation is 1. The van der Waals surface area contributed by atoms with Crippen molar-refractivity contribution in [2.75, 3.05) is 0 Å². The number of carbonyl (C=O) groups is 1. The number of hydrogen-bond acceptors (Lipinski definition) is 2. The van der Waals surface area contributed by atoms with Gasteiger partial charge in [0.25, 0.3) is 0 Å². The maximum absolute atomic E-state index is 12.0. The van der Waals surface area contributed by atoms with Gasteiger partial charge in [0, 0.05) is 23.3 Å². The average molecular weight is 235 g/mol. The van der Waals surface area contributed by atoms with E-state index >= 15 is 0 Å². The number of nitrogens with zero attached hydrogens (tertiary/aromatic N) is 2. The van der Waals surface area contributed by atoms with E-state index < -0.39 is 0 Å². The summed E-state index contributed by atoms with van der Waals surface area (Å²) in [5.74, 6) is -0.0535. The van der Waals surface area contributed by atoms with Gasteiger partial charge in [-0.05, 0) is 19.1 Å². The summed E-state index contributed by atoms with van der Waals surface area (Å²) >= 11 is 5.84. The molecule has 1 aromatic heterocycles. The molecule has 0 spiro atoms. The van der Waals surface area contributed by atoms with E-state index in [0.29, 0.717) is 16.1 Å². The third-order valence-corrected chi connectivity index (χ3v) is 2.54. The van der Waals surface area contributed by atoms with Gasteiger partial charge >= 0.3 is 0 Å². The molecule has 4 heteroatoms. The second kappa shape index (κ2) is 4.49. The highest BCUT2D eigenvalue weighted by Crippen LogP contribution is 2.14. The topological polar surface area (TPSA) is 34.9 Å². The summed E-state index contributed by atoms with van der Waals surface area (Å²) in [4.78, 5) is 12.0. The van der Waals surface area contributed by atoms with Gasteiger partial charge < -0.3 is 0 Å². The summed E-state index contributed by atoms with van der Waals surface area (Å²) in [6.45, 7) is 2.73. The SMILES string of the molecule is CCn1cc(C(=O)c2cccc(Cl)c2)cn1. The lowest BCUT2D eigenvalue weighted by molar-refractivity contribution is 0.103. The van der Waals surface area contributed by atoms with E-state index in [1.807, 2.05) is 6.92 Å². The Balaban J connectivity index is 2.31. The van der Waals surface area contributed by atoms with Crippen LogP contribution in [-0.4, -0.2) is 15.6 Å². The molecule has 0 aliphatic heterocycles. The van der Waals surface area contributed by atoms with Gasteiger partial charge in [-0.2, -0.15) is 5.10 Å². The number of halogens is 1. The zero-order chi connectivity index (χ0) is 11.5. The van der Waals surface area contributed by atoms with Crippen LogP contribution >= 0.6 is 11.6 Å². The van der Waals surface area contributed by atoms with Crippen molar-refractivity contribution in [1.82, 2.24) is 9.78 Å². The van der Waals surface area contributed by atoms with Gasteiger partial charge in [0.2, 0.25) is 0 Å². The molecule has 1 heterocycles. The fourth-order valence-corrected chi connectivity index (χ4v) is 1.64. The first-order chi connectivity index (χ1) is 7.70. The Kier molecular flexibility index (Phi) is 3.06. The monoisotopic (exact) mass is 234 g/mol. The number of benzene rings is 1. The standard InChI is InChI=1S/C12H11ClN2O/c1-2-15-8-10(7-14-15)12(16)9-4-3-5-11(13)6-9/h3-8H,2H2,1H3. The molecule has 0 bridgehead atoms. The van der Waals surface area contributed by atoms with Gasteiger partial charge in [-0.15, -0.1) is 0 Å². The quantitative estimate of drug-likeness (QED) is 0.766. The molecule has 82 valence electrons. The van der Waals surface area contributed by atoms with Crippen molar-refractivity contribution in [3.05, 3.63) is 52.8 Å². The highest BCUT2D eigenvalue weighted by Gasteiger charge is 2.11. The second-order valence-corrected chi connectivity index (χ2v) is 3.86. The largest absolute Gasteiger partial charge is 0.288 e. The molecule has 0 saturated carbocycles. The van der Waals surface area contributed by atoms with Crippen molar-refractivity contribution in [3.8, 4) is 0 Å². The predicted molar refractivity (Wildman–Crippen MR) is 62.8 cm³/mol. The molecule has 1 aromatic carbocycles.